The van der Waals surface area contributed by atoms with E-state index in [0.29, 0.717) is 23.5 Å². The number of allylic oxidation sites excluding steroid dienone is 2. The number of rotatable bonds is 7. The Labute approximate surface area is 166 Å². The van der Waals surface area contributed by atoms with Gasteiger partial charge in [0.2, 0.25) is 5.79 Å². The van der Waals surface area contributed by atoms with Crippen molar-refractivity contribution in [2.24, 2.45) is 5.92 Å². The van der Waals surface area contributed by atoms with Gasteiger partial charge in [0.15, 0.2) is 17.3 Å². The molecule has 0 spiro atoms. The second-order valence-corrected chi connectivity index (χ2v) is 7.16. The van der Waals surface area contributed by atoms with Crippen LogP contribution in [0.1, 0.15) is 31.4 Å². The number of hydrogen-bond donors (Lipinski definition) is 0. The Hall–Kier alpha value is -2.15. The molecule has 2 aliphatic rings. The molecule has 28 heavy (non-hydrogen) atoms. The van der Waals surface area contributed by atoms with Crippen molar-refractivity contribution < 1.29 is 28.5 Å². The summed E-state index contributed by atoms with van der Waals surface area (Å²) in [5.41, 5.74) is 0.678. The van der Waals surface area contributed by atoms with E-state index in [1.165, 1.54) is 0 Å². The largest absolute Gasteiger partial charge is 0.493 e. The summed E-state index contributed by atoms with van der Waals surface area (Å²) in [7, 11) is 6.37. The summed E-state index contributed by atoms with van der Waals surface area (Å²) >= 11 is 0. The highest BCUT2D eigenvalue weighted by molar-refractivity contribution is 5.97. The summed E-state index contributed by atoms with van der Waals surface area (Å²) in [5.74, 6) is -0.0815. The van der Waals surface area contributed by atoms with E-state index in [2.05, 4.69) is 6.58 Å². The van der Waals surface area contributed by atoms with Gasteiger partial charge >= 0.3 is 0 Å². The third-order valence-corrected chi connectivity index (χ3v) is 5.95. The Morgan fingerprint density at radius 1 is 1.18 bits per heavy atom. The maximum atomic E-state index is 12.7. The fourth-order valence-electron chi connectivity index (χ4n) is 4.45. The van der Waals surface area contributed by atoms with E-state index < -0.39 is 11.4 Å². The molecule has 0 saturated carbocycles. The van der Waals surface area contributed by atoms with Gasteiger partial charge in [0.25, 0.3) is 0 Å². The molecule has 152 valence electrons. The fourth-order valence-corrected chi connectivity index (χ4v) is 4.45. The fraction of sp³-hybridized carbons (Fsp3) is 0.500. The first-order valence-corrected chi connectivity index (χ1v) is 9.27. The summed E-state index contributed by atoms with van der Waals surface area (Å²) in [6, 6.07) is 5.66. The molecule has 1 aromatic carbocycles. The van der Waals surface area contributed by atoms with Crippen LogP contribution in [0.5, 0.6) is 11.5 Å². The maximum absolute atomic E-state index is 12.7. The minimum absolute atomic E-state index is 0.0189. The molecule has 0 bridgehead atoms. The van der Waals surface area contributed by atoms with E-state index in [-0.39, 0.29) is 24.2 Å². The van der Waals surface area contributed by atoms with Crippen molar-refractivity contribution in [3.8, 4) is 11.5 Å². The molecule has 1 fully saturated rings. The van der Waals surface area contributed by atoms with E-state index in [1.54, 1.807) is 34.5 Å². The van der Waals surface area contributed by atoms with Gasteiger partial charge in [0, 0.05) is 20.1 Å². The van der Waals surface area contributed by atoms with Gasteiger partial charge in [-0.05, 0) is 35.8 Å². The smallest absolute Gasteiger partial charge is 0.209 e. The minimum atomic E-state index is -1.19. The number of fused-ring (bicyclic) bond motifs is 1. The van der Waals surface area contributed by atoms with E-state index in [1.807, 2.05) is 31.2 Å². The minimum Gasteiger partial charge on any atom is -0.493 e. The lowest BCUT2D eigenvalue weighted by molar-refractivity contribution is -0.274. The molecule has 0 aromatic heterocycles. The van der Waals surface area contributed by atoms with Crippen molar-refractivity contribution in [2.75, 3.05) is 28.4 Å². The zero-order valence-corrected chi connectivity index (χ0v) is 17.1. The van der Waals surface area contributed by atoms with Gasteiger partial charge in [-0.25, -0.2) is 0 Å². The lowest BCUT2D eigenvalue weighted by Crippen LogP contribution is -2.58. The van der Waals surface area contributed by atoms with Crippen LogP contribution in [0.2, 0.25) is 0 Å². The monoisotopic (exact) mass is 388 g/mol. The number of hydrogen-bond acceptors (Lipinski definition) is 6. The molecule has 0 amide bonds. The van der Waals surface area contributed by atoms with Crippen LogP contribution in [-0.4, -0.2) is 45.6 Å². The first-order valence-electron chi connectivity index (χ1n) is 9.27. The topological polar surface area (TPSA) is 63.2 Å². The van der Waals surface area contributed by atoms with Crippen molar-refractivity contribution in [1.82, 2.24) is 0 Å². The van der Waals surface area contributed by atoms with Gasteiger partial charge in [0.1, 0.15) is 5.60 Å². The molecule has 6 nitrogen and oxygen atoms in total. The van der Waals surface area contributed by atoms with Crippen molar-refractivity contribution in [1.29, 1.82) is 0 Å². The third kappa shape index (κ3) is 2.87. The van der Waals surface area contributed by atoms with Gasteiger partial charge in [-0.2, -0.15) is 0 Å². The normalized spacial score (nSPS) is 31.9. The molecule has 4 atom stereocenters. The number of methoxy groups -OCH3 is 4. The molecule has 6 heteroatoms. The number of carbonyl (C=O) groups is 1. The van der Waals surface area contributed by atoms with Crippen molar-refractivity contribution >= 4 is 5.78 Å². The Bertz CT molecular complexity index is 800. The Balaban J connectivity index is 2.10. The molecule has 1 heterocycles. The van der Waals surface area contributed by atoms with Crippen LogP contribution in [0, 0.1) is 5.92 Å². The summed E-state index contributed by atoms with van der Waals surface area (Å²) in [5, 5.41) is 0. The molecular weight excluding hydrogens is 360 g/mol. The van der Waals surface area contributed by atoms with Crippen LogP contribution in [-0.2, 0) is 19.0 Å². The quantitative estimate of drug-likeness (QED) is 0.665. The molecule has 1 aliphatic carbocycles. The van der Waals surface area contributed by atoms with Gasteiger partial charge in [-0.3, -0.25) is 4.79 Å². The second-order valence-electron chi connectivity index (χ2n) is 7.16. The summed E-state index contributed by atoms with van der Waals surface area (Å²) in [4.78, 5) is 12.7. The predicted octanol–water partition coefficient (Wildman–Crippen LogP) is 3.61. The van der Waals surface area contributed by atoms with E-state index in [4.69, 9.17) is 23.7 Å². The first-order chi connectivity index (χ1) is 13.4. The first kappa shape index (κ1) is 20.6. The van der Waals surface area contributed by atoms with Crippen LogP contribution in [0.3, 0.4) is 0 Å². The molecule has 1 aliphatic heterocycles. The number of ketones is 1. The van der Waals surface area contributed by atoms with Crippen molar-refractivity contribution in [3.05, 3.63) is 48.1 Å². The highest BCUT2D eigenvalue weighted by Crippen LogP contribution is 2.57. The molecular formula is C22H28O6. The maximum Gasteiger partial charge on any atom is 0.209 e. The number of carbonyl (C=O) groups excluding carboxylic acids is 1. The number of benzene rings is 1. The van der Waals surface area contributed by atoms with Crippen LogP contribution < -0.4 is 9.47 Å². The Kier molecular flexibility index (Phi) is 5.66. The lowest BCUT2D eigenvalue weighted by atomic mass is 9.72. The van der Waals surface area contributed by atoms with E-state index >= 15 is 0 Å². The number of Topliss-reactive ketones (excluding diaryl/α,β-unsaturated/α-hetero) is 1. The molecule has 0 unspecified atom stereocenters. The summed E-state index contributed by atoms with van der Waals surface area (Å²) in [6.45, 7) is 5.80. The number of ether oxygens (including phenoxy) is 5. The van der Waals surface area contributed by atoms with Gasteiger partial charge < -0.3 is 23.7 Å². The van der Waals surface area contributed by atoms with E-state index in [0.717, 1.165) is 5.56 Å². The average Bonchev–Trinajstić information content (AvgIpc) is 2.97. The van der Waals surface area contributed by atoms with Crippen LogP contribution in [0.25, 0.3) is 0 Å². The van der Waals surface area contributed by atoms with Gasteiger partial charge in [-0.15, -0.1) is 6.58 Å². The second kappa shape index (κ2) is 7.70. The molecule has 1 aromatic rings. The highest BCUT2D eigenvalue weighted by Gasteiger charge is 2.67. The average molecular weight is 388 g/mol. The molecule has 1 saturated heterocycles. The van der Waals surface area contributed by atoms with Crippen LogP contribution >= 0.6 is 0 Å². The van der Waals surface area contributed by atoms with Crippen molar-refractivity contribution in [2.45, 2.75) is 37.3 Å². The lowest BCUT2D eigenvalue weighted by Gasteiger charge is -2.44. The van der Waals surface area contributed by atoms with Crippen LogP contribution in [0.15, 0.2) is 42.5 Å². The molecule has 3 rings (SSSR count). The van der Waals surface area contributed by atoms with Gasteiger partial charge in [-0.1, -0.05) is 19.1 Å². The Morgan fingerprint density at radius 3 is 2.46 bits per heavy atom. The van der Waals surface area contributed by atoms with Gasteiger partial charge in [0.05, 0.1) is 26.7 Å². The summed E-state index contributed by atoms with van der Waals surface area (Å²) < 4.78 is 29.0. The molecule has 0 N–H and O–H groups in total. The Morgan fingerprint density at radius 2 is 1.89 bits per heavy atom. The van der Waals surface area contributed by atoms with Crippen molar-refractivity contribution in [3.63, 3.8) is 0 Å². The zero-order chi connectivity index (χ0) is 20.5. The summed E-state index contributed by atoms with van der Waals surface area (Å²) in [6.07, 6.45) is 3.81. The molecule has 0 radical (unpaired) electrons. The van der Waals surface area contributed by atoms with E-state index in [9.17, 15) is 4.79 Å². The van der Waals surface area contributed by atoms with Crippen LogP contribution in [0.4, 0.5) is 0 Å². The highest BCUT2D eigenvalue weighted by atomic mass is 16.7. The standard InChI is InChI=1S/C22H28O6/c1-7-8-16-12-21(26-5)14(2)20(28-22(21,27-6)13-17(16)23)15-9-10-18(24-3)19(11-15)25-4/h7,9-12,14,20H,1,8,13H2,2-6H3/t14-,20-,21-,22-/m0/s1. The predicted molar refractivity (Wildman–Crippen MR) is 105 cm³/mol. The zero-order valence-electron chi connectivity index (χ0n) is 17.1. The SMILES string of the molecule is C=CCC1=C[C@]2(OC)[C@@H](C)[C@@H](c3ccc(OC)c(OC)c3)O[C@@]2(OC)CC1=O. The third-order valence-electron chi connectivity index (χ3n) is 5.95.